The van der Waals surface area contributed by atoms with Crippen molar-refractivity contribution >= 4 is 28.6 Å². The Morgan fingerprint density at radius 3 is 2.53 bits per heavy atom. The van der Waals surface area contributed by atoms with Crippen LogP contribution in [0.25, 0.3) is 10.9 Å². The molecule has 0 atom stereocenters. The van der Waals surface area contributed by atoms with Gasteiger partial charge in [0.2, 0.25) is 0 Å². The van der Waals surface area contributed by atoms with Crippen LogP contribution in [-0.4, -0.2) is 47.2 Å². The average Bonchev–Trinajstić information content (AvgIpc) is 3.23. The molecule has 1 aliphatic heterocycles. The first-order chi connectivity index (χ1) is 15.5. The second-order valence-corrected chi connectivity index (χ2v) is 8.29. The molecular formula is C26H28N2O4. The van der Waals surface area contributed by atoms with Crippen LogP contribution in [0.3, 0.4) is 0 Å². The topological polar surface area (TPSA) is 79.5 Å². The van der Waals surface area contributed by atoms with Gasteiger partial charge in [0.25, 0.3) is 5.91 Å². The number of ketones is 1. The van der Waals surface area contributed by atoms with E-state index >= 15 is 0 Å². The number of nitrogens with zero attached hydrogens (tertiary/aromatic N) is 1. The number of benzene rings is 2. The van der Waals surface area contributed by atoms with Crippen molar-refractivity contribution in [3.05, 3.63) is 71.4 Å². The summed E-state index contributed by atoms with van der Waals surface area (Å²) in [7, 11) is 0. The van der Waals surface area contributed by atoms with E-state index in [-0.39, 0.29) is 24.7 Å². The van der Waals surface area contributed by atoms with Gasteiger partial charge in [0.15, 0.2) is 5.78 Å². The first-order valence-corrected chi connectivity index (χ1v) is 11.2. The zero-order valence-corrected chi connectivity index (χ0v) is 18.3. The third-order valence-electron chi connectivity index (χ3n) is 6.11. The minimum absolute atomic E-state index is 0.0185. The highest BCUT2D eigenvalue weighted by Crippen LogP contribution is 2.25. The number of ether oxygens (including phenoxy) is 1. The number of nitrogens with one attached hydrogen (secondary N) is 1. The number of Topliss-reactive ketones (excluding diaryl/α,β-unsaturated/α-hetero) is 1. The van der Waals surface area contributed by atoms with E-state index in [9.17, 15) is 14.4 Å². The second kappa shape index (κ2) is 9.81. The highest BCUT2D eigenvalue weighted by atomic mass is 16.5. The fraction of sp³-hybridized carbons (Fsp3) is 0.346. The van der Waals surface area contributed by atoms with E-state index in [1.54, 1.807) is 25.3 Å². The maximum Gasteiger partial charge on any atom is 0.313 e. The molecule has 1 N–H and O–H groups in total. The SMILES string of the molecule is CCOC(=O)CC(=O)c1c[nH]c2ccc(C(=O)N3CCC(Cc4ccccc4)CC3)cc12. The molecule has 6 heteroatoms. The van der Waals surface area contributed by atoms with Crippen LogP contribution in [0.1, 0.15) is 52.5 Å². The summed E-state index contributed by atoms with van der Waals surface area (Å²) in [5, 5.41) is 0.657. The van der Waals surface area contributed by atoms with Crippen molar-refractivity contribution in [2.45, 2.75) is 32.6 Å². The van der Waals surface area contributed by atoms with Gasteiger partial charge < -0.3 is 14.6 Å². The molecule has 2 heterocycles. The highest BCUT2D eigenvalue weighted by molar-refractivity contribution is 6.14. The molecule has 0 aliphatic carbocycles. The molecule has 6 nitrogen and oxygen atoms in total. The van der Waals surface area contributed by atoms with Gasteiger partial charge in [-0.05, 0) is 55.9 Å². The summed E-state index contributed by atoms with van der Waals surface area (Å²) in [5.41, 5.74) is 3.07. The van der Waals surface area contributed by atoms with Crippen molar-refractivity contribution in [1.82, 2.24) is 9.88 Å². The van der Waals surface area contributed by atoms with Crippen LogP contribution in [0.2, 0.25) is 0 Å². The molecule has 0 saturated carbocycles. The summed E-state index contributed by atoms with van der Waals surface area (Å²) < 4.78 is 4.88. The van der Waals surface area contributed by atoms with Gasteiger partial charge in [0, 0.05) is 41.3 Å². The van der Waals surface area contributed by atoms with E-state index in [4.69, 9.17) is 4.74 Å². The Hall–Kier alpha value is -3.41. The summed E-state index contributed by atoms with van der Waals surface area (Å²) in [6.07, 6.45) is 4.29. The van der Waals surface area contributed by atoms with E-state index in [0.717, 1.165) is 37.9 Å². The van der Waals surface area contributed by atoms with Gasteiger partial charge in [0.1, 0.15) is 6.42 Å². The lowest BCUT2D eigenvalue weighted by atomic mass is 9.90. The zero-order chi connectivity index (χ0) is 22.5. The van der Waals surface area contributed by atoms with Crippen molar-refractivity contribution in [3.8, 4) is 0 Å². The Kier molecular flexibility index (Phi) is 6.69. The van der Waals surface area contributed by atoms with Crippen LogP contribution in [0.5, 0.6) is 0 Å². The Morgan fingerprint density at radius 2 is 1.81 bits per heavy atom. The molecule has 1 amide bonds. The molecule has 32 heavy (non-hydrogen) atoms. The number of H-pyrrole nitrogens is 1. The minimum Gasteiger partial charge on any atom is -0.466 e. The van der Waals surface area contributed by atoms with Crippen LogP contribution in [0, 0.1) is 5.92 Å². The first-order valence-electron chi connectivity index (χ1n) is 11.2. The number of carbonyl (C=O) groups is 3. The third-order valence-corrected chi connectivity index (χ3v) is 6.11. The standard InChI is InChI=1S/C26H28N2O4/c1-2-32-25(30)16-24(29)22-17-27-23-9-8-20(15-21(22)23)26(31)28-12-10-19(11-13-28)14-18-6-4-3-5-7-18/h3-9,15,17,19,27H,2,10-14,16H2,1H3. The molecule has 0 radical (unpaired) electrons. The maximum atomic E-state index is 13.1. The first kappa shape index (κ1) is 21.8. The van der Waals surface area contributed by atoms with Crippen molar-refractivity contribution in [2.75, 3.05) is 19.7 Å². The van der Waals surface area contributed by atoms with E-state index in [1.807, 2.05) is 17.0 Å². The number of amides is 1. The van der Waals surface area contributed by atoms with Crippen LogP contribution in [0.4, 0.5) is 0 Å². The van der Waals surface area contributed by atoms with Gasteiger partial charge in [-0.1, -0.05) is 30.3 Å². The number of piperidine rings is 1. The lowest BCUT2D eigenvalue weighted by molar-refractivity contribution is -0.141. The molecule has 1 fully saturated rings. The van der Waals surface area contributed by atoms with E-state index in [1.165, 1.54) is 5.56 Å². The number of hydrogen-bond donors (Lipinski definition) is 1. The Morgan fingerprint density at radius 1 is 1.06 bits per heavy atom. The van der Waals surface area contributed by atoms with Gasteiger partial charge in [-0.15, -0.1) is 0 Å². The predicted molar refractivity (Wildman–Crippen MR) is 123 cm³/mol. The summed E-state index contributed by atoms with van der Waals surface area (Å²) >= 11 is 0. The van der Waals surface area contributed by atoms with Crippen LogP contribution in [0.15, 0.2) is 54.7 Å². The largest absolute Gasteiger partial charge is 0.466 e. The van der Waals surface area contributed by atoms with Crippen molar-refractivity contribution in [2.24, 2.45) is 5.92 Å². The van der Waals surface area contributed by atoms with Crippen molar-refractivity contribution in [3.63, 3.8) is 0 Å². The number of carbonyl (C=O) groups excluding carboxylic acids is 3. The second-order valence-electron chi connectivity index (χ2n) is 8.29. The van der Waals surface area contributed by atoms with Crippen LogP contribution >= 0.6 is 0 Å². The number of aromatic amines is 1. The molecule has 166 valence electrons. The van der Waals surface area contributed by atoms with Crippen LogP contribution < -0.4 is 0 Å². The van der Waals surface area contributed by atoms with E-state index in [0.29, 0.717) is 22.4 Å². The molecule has 2 aromatic carbocycles. The smallest absolute Gasteiger partial charge is 0.313 e. The normalized spacial score (nSPS) is 14.5. The van der Waals surface area contributed by atoms with Gasteiger partial charge >= 0.3 is 5.97 Å². The summed E-state index contributed by atoms with van der Waals surface area (Å²) in [6.45, 7) is 3.41. The summed E-state index contributed by atoms with van der Waals surface area (Å²) in [6, 6.07) is 15.8. The zero-order valence-electron chi connectivity index (χ0n) is 18.3. The summed E-state index contributed by atoms with van der Waals surface area (Å²) in [5.74, 6) is -0.297. The summed E-state index contributed by atoms with van der Waals surface area (Å²) in [4.78, 5) is 42.3. The molecule has 4 rings (SSSR count). The molecule has 0 bridgehead atoms. The number of likely N-dealkylation sites (tertiary alicyclic amines) is 1. The molecule has 0 spiro atoms. The number of aromatic nitrogens is 1. The highest BCUT2D eigenvalue weighted by Gasteiger charge is 2.25. The predicted octanol–water partition coefficient (Wildman–Crippen LogP) is 4.40. The monoisotopic (exact) mass is 432 g/mol. The number of fused-ring (bicyclic) bond motifs is 1. The van der Waals surface area contributed by atoms with Gasteiger partial charge in [-0.25, -0.2) is 0 Å². The lowest BCUT2D eigenvalue weighted by Gasteiger charge is -2.32. The van der Waals surface area contributed by atoms with Crippen molar-refractivity contribution < 1.29 is 19.1 Å². The van der Waals surface area contributed by atoms with Gasteiger partial charge in [-0.3, -0.25) is 14.4 Å². The van der Waals surface area contributed by atoms with E-state index in [2.05, 4.69) is 29.2 Å². The molecule has 1 saturated heterocycles. The molecule has 0 unspecified atom stereocenters. The Bertz CT molecular complexity index is 1110. The number of rotatable bonds is 7. The van der Waals surface area contributed by atoms with Gasteiger partial charge in [-0.2, -0.15) is 0 Å². The lowest BCUT2D eigenvalue weighted by Crippen LogP contribution is -2.38. The fourth-order valence-corrected chi connectivity index (χ4v) is 4.39. The molecule has 1 aliphatic rings. The fourth-order valence-electron chi connectivity index (χ4n) is 4.39. The van der Waals surface area contributed by atoms with Gasteiger partial charge in [0.05, 0.1) is 6.61 Å². The van der Waals surface area contributed by atoms with Crippen LogP contribution in [-0.2, 0) is 16.0 Å². The Labute approximate surface area is 187 Å². The molecular weight excluding hydrogens is 404 g/mol. The van der Waals surface area contributed by atoms with Crippen molar-refractivity contribution in [1.29, 1.82) is 0 Å². The van der Waals surface area contributed by atoms with E-state index < -0.39 is 5.97 Å². The number of hydrogen-bond acceptors (Lipinski definition) is 4. The Balaban J connectivity index is 1.43. The molecule has 3 aromatic rings. The maximum absolute atomic E-state index is 13.1. The average molecular weight is 433 g/mol. The molecule has 1 aromatic heterocycles. The third kappa shape index (κ3) is 4.90. The quantitative estimate of drug-likeness (QED) is 0.341. The minimum atomic E-state index is -0.544. The number of esters is 1.